The van der Waals surface area contributed by atoms with E-state index in [1.54, 1.807) is 41.1 Å². The minimum atomic E-state index is -0.196. The Morgan fingerprint density at radius 2 is 1.55 bits per heavy atom. The SMILES string of the molecule is Cc1nc(N2CCN(c3ccccn3)CC2)nc2c1ccc(=O)n2-c1ccc(C(=O)NCc2ccccc2)cc1. The minimum Gasteiger partial charge on any atom is -0.353 e. The molecule has 4 heterocycles. The first-order valence-electron chi connectivity index (χ1n) is 13.3. The molecule has 1 N–H and O–H groups in total. The second-order valence-corrected chi connectivity index (χ2v) is 9.73. The van der Waals surface area contributed by atoms with Crippen LogP contribution in [0.1, 0.15) is 21.6 Å². The maximum atomic E-state index is 13.1. The van der Waals surface area contributed by atoms with Gasteiger partial charge in [-0.2, -0.15) is 4.98 Å². The van der Waals surface area contributed by atoms with Gasteiger partial charge in [-0.25, -0.2) is 9.97 Å². The Morgan fingerprint density at radius 3 is 2.27 bits per heavy atom. The molecule has 5 aromatic rings. The van der Waals surface area contributed by atoms with Crippen LogP contribution in [-0.4, -0.2) is 51.6 Å². The average molecular weight is 532 g/mol. The van der Waals surface area contributed by atoms with Crippen molar-refractivity contribution in [3.05, 3.63) is 118 Å². The summed E-state index contributed by atoms with van der Waals surface area (Å²) in [6.45, 7) is 5.46. The fraction of sp³-hybridized carbons (Fsp3) is 0.194. The molecule has 0 unspecified atom stereocenters. The van der Waals surface area contributed by atoms with E-state index < -0.39 is 0 Å². The molecule has 9 heteroatoms. The van der Waals surface area contributed by atoms with Crippen LogP contribution in [0.25, 0.3) is 16.7 Å². The van der Waals surface area contributed by atoms with Crippen LogP contribution in [0.4, 0.5) is 11.8 Å². The highest BCUT2D eigenvalue weighted by atomic mass is 16.1. The Hall–Kier alpha value is -5.05. The van der Waals surface area contributed by atoms with Crippen LogP contribution in [0.5, 0.6) is 0 Å². The molecule has 1 amide bonds. The van der Waals surface area contributed by atoms with Gasteiger partial charge < -0.3 is 15.1 Å². The van der Waals surface area contributed by atoms with Crippen LogP contribution in [0.2, 0.25) is 0 Å². The first-order valence-corrected chi connectivity index (χ1v) is 13.3. The molecule has 1 fully saturated rings. The van der Waals surface area contributed by atoms with E-state index in [9.17, 15) is 9.59 Å². The smallest absolute Gasteiger partial charge is 0.256 e. The number of aromatic nitrogens is 4. The van der Waals surface area contributed by atoms with Crippen molar-refractivity contribution in [3.8, 4) is 5.69 Å². The first-order chi connectivity index (χ1) is 19.6. The van der Waals surface area contributed by atoms with Gasteiger partial charge in [0, 0.05) is 55.9 Å². The third-order valence-corrected chi connectivity index (χ3v) is 7.15. The Morgan fingerprint density at radius 1 is 0.825 bits per heavy atom. The number of hydrogen-bond donors (Lipinski definition) is 1. The van der Waals surface area contributed by atoms with Crippen molar-refractivity contribution < 1.29 is 4.79 Å². The summed E-state index contributed by atoms with van der Waals surface area (Å²) in [5.74, 6) is 1.39. The second-order valence-electron chi connectivity index (χ2n) is 9.73. The quantitative estimate of drug-likeness (QED) is 0.357. The summed E-state index contributed by atoms with van der Waals surface area (Å²) in [7, 11) is 0. The van der Waals surface area contributed by atoms with Crippen LogP contribution < -0.4 is 20.7 Å². The highest BCUT2D eigenvalue weighted by Crippen LogP contribution is 2.22. The lowest BCUT2D eigenvalue weighted by Gasteiger charge is -2.35. The number of carbonyl (C=O) groups is 1. The molecule has 1 aliphatic rings. The zero-order valence-electron chi connectivity index (χ0n) is 22.2. The van der Waals surface area contributed by atoms with E-state index in [4.69, 9.17) is 9.97 Å². The van der Waals surface area contributed by atoms with Crippen molar-refractivity contribution in [2.45, 2.75) is 13.5 Å². The van der Waals surface area contributed by atoms with Gasteiger partial charge in [0.05, 0.1) is 11.4 Å². The van der Waals surface area contributed by atoms with Gasteiger partial charge in [-0.05, 0) is 55.0 Å². The van der Waals surface area contributed by atoms with Crippen molar-refractivity contribution >= 4 is 28.7 Å². The van der Waals surface area contributed by atoms with Gasteiger partial charge in [0.25, 0.3) is 11.5 Å². The molecule has 9 nitrogen and oxygen atoms in total. The van der Waals surface area contributed by atoms with Gasteiger partial charge in [0.15, 0.2) is 5.65 Å². The number of anilines is 2. The minimum absolute atomic E-state index is 0.175. The molecule has 0 spiro atoms. The monoisotopic (exact) mass is 531 g/mol. The largest absolute Gasteiger partial charge is 0.353 e. The zero-order valence-corrected chi connectivity index (χ0v) is 22.2. The second kappa shape index (κ2) is 11.0. The van der Waals surface area contributed by atoms with Crippen molar-refractivity contribution in [2.75, 3.05) is 36.0 Å². The van der Waals surface area contributed by atoms with E-state index in [2.05, 4.69) is 20.1 Å². The molecule has 0 atom stereocenters. The molecule has 40 heavy (non-hydrogen) atoms. The molecule has 1 saturated heterocycles. The van der Waals surface area contributed by atoms with Crippen molar-refractivity contribution in [2.24, 2.45) is 0 Å². The predicted molar refractivity (Wildman–Crippen MR) is 156 cm³/mol. The third kappa shape index (κ3) is 5.13. The van der Waals surface area contributed by atoms with Crippen molar-refractivity contribution in [3.63, 3.8) is 0 Å². The Labute approximate surface area is 231 Å². The summed E-state index contributed by atoms with van der Waals surface area (Å²) in [5, 5.41) is 3.75. The molecule has 200 valence electrons. The number of rotatable bonds is 6. The summed E-state index contributed by atoms with van der Waals surface area (Å²) < 4.78 is 1.59. The number of hydrogen-bond acceptors (Lipinski definition) is 7. The number of nitrogens with zero attached hydrogens (tertiary/aromatic N) is 6. The van der Waals surface area contributed by atoms with E-state index >= 15 is 0 Å². The standard InChI is InChI=1S/C31H29N7O2/c1-22-26-14-15-28(39)38(25-12-10-24(11-13-25)30(40)33-21-23-7-3-2-4-8-23)29(26)35-31(34-22)37-19-17-36(18-20-37)27-9-5-6-16-32-27/h2-16H,17-21H2,1H3,(H,33,40). The van der Waals surface area contributed by atoms with Crippen LogP contribution in [0.15, 0.2) is 95.9 Å². The molecule has 0 bridgehead atoms. The van der Waals surface area contributed by atoms with E-state index in [-0.39, 0.29) is 11.5 Å². The maximum Gasteiger partial charge on any atom is 0.256 e. The third-order valence-electron chi connectivity index (χ3n) is 7.15. The number of aryl methyl sites for hydroxylation is 1. The number of fused-ring (bicyclic) bond motifs is 1. The van der Waals surface area contributed by atoms with Crippen LogP contribution in [-0.2, 0) is 6.54 Å². The van der Waals surface area contributed by atoms with Gasteiger partial charge in [0.1, 0.15) is 5.82 Å². The van der Waals surface area contributed by atoms with E-state index in [1.165, 1.54) is 6.07 Å². The first kappa shape index (κ1) is 25.2. The molecule has 1 aliphatic heterocycles. The molecule has 6 rings (SSSR count). The van der Waals surface area contributed by atoms with Gasteiger partial charge in [-0.15, -0.1) is 0 Å². The highest BCUT2D eigenvalue weighted by molar-refractivity contribution is 5.94. The lowest BCUT2D eigenvalue weighted by atomic mass is 10.1. The lowest BCUT2D eigenvalue weighted by molar-refractivity contribution is 0.0951. The highest BCUT2D eigenvalue weighted by Gasteiger charge is 2.22. The summed E-state index contributed by atoms with van der Waals surface area (Å²) in [6, 6.07) is 26.0. The van der Waals surface area contributed by atoms with Crippen molar-refractivity contribution in [1.82, 2.24) is 24.8 Å². The molecule has 3 aromatic heterocycles. The molecule has 0 saturated carbocycles. The zero-order chi connectivity index (χ0) is 27.5. The average Bonchev–Trinajstić information content (AvgIpc) is 3.01. The number of carbonyl (C=O) groups excluding carboxylic acids is 1. The van der Waals surface area contributed by atoms with Gasteiger partial charge >= 0.3 is 0 Å². The molecule has 0 aliphatic carbocycles. The van der Waals surface area contributed by atoms with E-state index in [0.29, 0.717) is 29.4 Å². The van der Waals surface area contributed by atoms with Gasteiger partial charge in [0.2, 0.25) is 5.95 Å². The number of pyridine rings is 2. The summed E-state index contributed by atoms with van der Waals surface area (Å²) in [4.78, 5) is 44.3. The fourth-order valence-corrected chi connectivity index (χ4v) is 4.96. The number of piperazine rings is 1. The number of benzene rings is 2. The lowest BCUT2D eigenvalue weighted by Crippen LogP contribution is -2.47. The molecular formula is C31H29N7O2. The van der Waals surface area contributed by atoms with Gasteiger partial charge in [-0.3, -0.25) is 14.2 Å². The van der Waals surface area contributed by atoms with Crippen molar-refractivity contribution in [1.29, 1.82) is 0 Å². The van der Waals surface area contributed by atoms with Crippen LogP contribution >= 0.6 is 0 Å². The van der Waals surface area contributed by atoms with Crippen LogP contribution in [0.3, 0.4) is 0 Å². The number of nitrogens with one attached hydrogen (secondary N) is 1. The van der Waals surface area contributed by atoms with Crippen LogP contribution in [0, 0.1) is 6.92 Å². The topological polar surface area (TPSA) is 96.2 Å². The molecular weight excluding hydrogens is 502 g/mol. The predicted octanol–water partition coefficient (Wildman–Crippen LogP) is 3.74. The Kier molecular flexibility index (Phi) is 6.93. The Bertz CT molecular complexity index is 1700. The van der Waals surface area contributed by atoms with Gasteiger partial charge in [-0.1, -0.05) is 36.4 Å². The normalized spacial score (nSPS) is 13.4. The Balaban J connectivity index is 1.25. The van der Waals surface area contributed by atoms with E-state index in [0.717, 1.165) is 48.6 Å². The molecule has 0 radical (unpaired) electrons. The number of amides is 1. The fourth-order valence-electron chi connectivity index (χ4n) is 4.96. The maximum absolute atomic E-state index is 13.1. The summed E-state index contributed by atoms with van der Waals surface area (Å²) in [5.41, 5.74) is 3.34. The summed E-state index contributed by atoms with van der Waals surface area (Å²) in [6.07, 6.45) is 1.81. The molecule has 2 aromatic carbocycles. The van der Waals surface area contributed by atoms with E-state index in [1.807, 2.05) is 55.5 Å². The summed E-state index contributed by atoms with van der Waals surface area (Å²) >= 11 is 0.